The van der Waals surface area contributed by atoms with Crippen molar-refractivity contribution in [3.63, 3.8) is 0 Å². The molecular formula is C27H30Cl2FN7O. The van der Waals surface area contributed by atoms with E-state index in [1.165, 1.54) is 6.07 Å². The first-order valence-electron chi connectivity index (χ1n) is 12.6. The molecule has 3 heterocycles. The Labute approximate surface area is 231 Å². The molecule has 2 N–H and O–H groups in total. The Morgan fingerprint density at radius 2 is 1.76 bits per heavy atom. The van der Waals surface area contributed by atoms with Gasteiger partial charge < -0.3 is 20.1 Å². The minimum absolute atomic E-state index is 0.0570. The number of hydrogen-bond acceptors (Lipinski definition) is 6. The molecule has 8 nitrogen and oxygen atoms in total. The van der Waals surface area contributed by atoms with Gasteiger partial charge in [-0.1, -0.05) is 61.3 Å². The molecule has 4 aromatic rings. The molecule has 0 radical (unpaired) electrons. The van der Waals surface area contributed by atoms with Crippen LogP contribution in [0.25, 0.3) is 22.6 Å². The third-order valence-electron chi connectivity index (χ3n) is 6.09. The normalized spacial score (nSPS) is 13.2. The molecule has 38 heavy (non-hydrogen) atoms. The van der Waals surface area contributed by atoms with Crippen molar-refractivity contribution in [3.05, 3.63) is 70.1 Å². The molecule has 200 valence electrons. The van der Waals surface area contributed by atoms with Gasteiger partial charge in [-0.2, -0.15) is 4.98 Å². The van der Waals surface area contributed by atoms with Gasteiger partial charge in [0.05, 0.1) is 21.8 Å². The Kier molecular flexibility index (Phi) is 9.49. The van der Waals surface area contributed by atoms with Crippen LogP contribution in [-0.4, -0.2) is 56.5 Å². The molecule has 0 spiro atoms. The van der Waals surface area contributed by atoms with Crippen LogP contribution in [0.5, 0.6) is 0 Å². The molecule has 5 rings (SSSR count). The second kappa shape index (κ2) is 13.0. The fourth-order valence-corrected chi connectivity index (χ4v) is 4.78. The number of amides is 1. The zero-order chi connectivity index (χ0) is 27.1. The number of benzene rings is 2. The van der Waals surface area contributed by atoms with E-state index in [2.05, 4.69) is 20.6 Å². The minimum atomic E-state index is -0.307. The van der Waals surface area contributed by atoms with Gasteiger partial charge in [-0.15, -0.1) is 0 Å². The Morgan fingerprint density at radius 1 is 1.05 bits per heavy atom. The number of imidazole rings is 1. The van der Waals surface area contributed by atoms with Gasteiger partial charge in [-0.3, -0.25) is 4.79 Å². The molecule has 2 aromatic carbocycles. The second-order valence-corrected chi connectivity index (χ2v) is 9.23. The number of aromatic nitrogens is 4. The van der Waals surface area contributed by atoms with E-state index in [0.29, 0.717) is 63.7 Å². The van der Waals surface area contributed by atoms with Crippen LogP contribution < -0.4 is 10.6 Å². The van der Waals surface area contributed by atoms with Gasteiger partial charge >= 0.3 is 0 Å². The molecule has 0 saturated carbocycles. The first-order chi connectivity index (χ1) is 18.5. The van der Waals surface area contributed by atoms with Gasteiger partial charge in [0, 0.05) is 51.3 Å². The van der Waals surface area contributed by atoms with E-state index in [9.17, 15) is 9.18 Å². The number of hydrogen-bond donors (Lipinski definition) is 2. The molecular weight excluding hydrogens is 528 g/mol. The summed E-state index contributed by atoms with van der Waals surface area (Å²) in [5.74, 6) is 0.575. The lowest BCUT2D eigenvalue weighted by Gasteiger charge is -2.27. The SMILES string of the molecule is CC.O=C(CCn1c(-c2c(Cl)cccc2Cl)nc2cnc(NCc3ccccc3F)nc21)N1CCNCC1. The maximum absolute atomic E-state index is 14.0. The number of rotatable bonds is 7. The average Bonchev–Trinajstić information content (AvgIpc) is 3.30. The summed E-state index contributed by atoms with van der Waals surface area (Å²) in [4.78, 5) is 28.5. The van der Waals surface area contributed by atoms with Crippen molar-refractivity contribution < 1.29 is 9.18 Å². The van der Waals surface area contributed by atoms with Crippen LogP contribution >= 0.6 is 23.2 Å². The van der Waals surface area contributed by atoms with Crippen molar-refractivity contribution in [1.29, 1.82) is 0 Å². The average molecular weight is 558 g/mol. The number of fused-ring (bicyclic) bond motifs is 1. The molecule has 2 aromatic heterocycles. The number of nitrogens with zero attached hydrogens (tertiary/aromatic N) is 5. The van der Waals surface area contributed by atoms with Crippen molar-refractivity contribution in [2.45, 2.75) is 33.4 Å². The Bertz CT molecular complexity index is 1390. The lowest BCUT2D eigenvalue weighted by Crippen LogP contribution is -2.46. The summed E-state index contributed by atoms with van der Waals surface area (Å²) >= 11 is 13.0. The van der Waals surface area contributed by atoms with Gasteiger partial charge in [0.15, 0.2) is 5.65 Å². The highest BCUT2D eigenvalue weighted by atomic mass is 35.5. The number of piperazine rings is 1. The van der Waals surface area contributed by atoms with Crippen LogP contribution in [0.4, 0.5) is 10.3 Å². The van der Waals surface area contributed by atoms with Gasteiger partial charge in [0.2, 0.25) is 11.9 Å². The minimum Gasteiger partial charge on any atom is -0.350 e. The molecule has 0 bridgehead atoms. The first kappa shape index (κ1) is 27.8. The van der Waals surface area contributed by atoms with E-state index < -0.39 is 0 Å². The van der Waals surface area contributed by atoms with Crippen LogP contribution in [-0.2, 0) is 17.9 Å². The summed E-state index contributed by atoms with van der Waals surface area (Å²) in [5.41, 5.74) is 2.13. The van der Waals surface area contributed by atoms with Gasteiger partial charge in [-0.25, -0.2) is 14.4 Å². The largest absolute Gasteiger partial charge is 0.350 e. The van der Waals surface area contributed by atoms with Gasteiger partial charge in [0.25, 0.3) is 0 Å². The standard InChI is InChI=1S/C25H24Cl2FN7O.C2H6/c26-17-5-3-6-18(27)22(17)24-32-20-15-31-25(30-14-16-4-1-2-7-19(16)28)33-23(20)35(24)11-8-21(36)34-12-9-29-10-13-34;1-2/h1-7,15,29H,8-14H2,(H,30,31,33);1-2H3. The monoisotopic (exact) mass is 557 g/mol. The second-order valence-electron chi connectivity index (χ2n) is 8.41. The zero-order valence-electron chi connectivity index (χ0n) is 21.3. The van der Waals surface area contributed by atoms with Crippen molar-refractivity contribution in [2.75, 3.05) is 31.5 Å². The number of halogens is 3. The highest BCUT2D eigenvalue weighted by Crippen LogP contribution is 2.35. The molecule has 0 unspecified atom stereocenters. The highest BCUT2D eigenvalue weighted by molar-refractivity contribution is 6.39. The summed E-state index contributed by atoms with van der Waals surface area (Å²) in [6, 6.07) is 11.8. The van der Waals surface area contributed by atoms with Crippen molar-refractivity contribution in [2.24, 2.45) is 0 Å². The van der Waals surface area contributed by atoms with Crippen LogP contribution in [0.3, 0.4) is 0 Å². The lowest BCUT2D eigenvalue weighted by molar-refractivity contribution is -0.131. The van der Waals surface area contributed by atoms with Crippen molar-refractivity contribution in [1.82, 2.24) is 29.7 Å². The quantitative estimate of drug-likeness (QED) is 0.316. The maximum Gasteiger partial charge on any atom is 0.225 e. The predicted molar refractivity (Wildman–Crippen MR) is 150 cm³/mol. The molecule has 1 aliphatic heterocycles. The summed E-state index contributed by atoms with van der Waals surface area (Å²) in [7, 11) is 0. The third kappa shape index (κ3) is 6.23. The fraction of sp³-hybridized carbons (Fsp3) is 0.333. The van der Waals surface area contributed by atoms with Crippen molar-refractivity contribution >= 4 is 46.2 Å². The summed E-state index contributed by atoms with van der Waals surface area (Å²) in [5, 5.41) is 7.21. The van der Waals surface area contributed by atoms with Crippen LogP contribution in [0, 0.1) is 5.82 Å². The topological polar surface area (TPSA) is 88.0 Å². The zero-order valence-corrected chi connectivity index (χ0v) is 22.9. The van der Waals surface area contributed by atoms with Gasteiger partial charge in [0.1, 0.15) is 17.2 Å². The molecule has 1 aliphatic rings. The Balaban J connectivity index is 0.00000164. The third-order valence-corrected chi connectivity index (χ3v) is 6.72. The maximum atomic E-state index is 14.0. The number of nitrogens with one attached hydrogen (secondary N) is 2. The van der Waals surface area contributed by atoms with Crippen molar-refractivity contribution in [3.8, 4) is 11.4 Å². The van der Waals surface area contributed by atoms with Gasteiger partial charge in [-0.05, 0) is 18.2 Å². The van der Waals surface area contributed by atoms with E-state index in [1.54, 1.807) is 42.6 Å². The van der Waals surface area contributed by atoms with E-state index in [1.807, 2.05) is 23.3 Å². The van der Waals surface area contributed by atoms with E-state index in [0.717, 1.165) is 13.1 Å². The number of carbonyl (C=O) groups is 1. The number of carbonyl (C=O) groups excluding carboxylic acids is 1. The molecule has 1 saturated heterocycles. The highest BCUT2D eigenvalue weighted by Gasteiger charge is 2.22. The summed E-state index contributed by atoms with van der Waals surface area (Å²) < 4.78 is 15.9. The molecule has 1 amide bonds. The van der Waals surface area contributed by atoms with E-state index >= 15 is 0 Å². The first-order valence-corrected chi connectivity index (χ1v) is 13.4. The lowest BCUT2D eigenvalue weighted by atomic mass is 10.2. The number of aryl methyl sites for hydroxylation is 1. The van der Waals surface area contributed by atoms with Crippen LogP contribution in [0.1, 0.15) is 25.8 Å². The summed E-state index contributed by atoms with van der Waals surface area (Å²) in [6.45, 7) is 7.48. The molecule has 0 atom stereocenters. The molecule has 1 fully saturated rings. The van der Waals surface area contributed by atoms with E-state index in [-0.39, 0.29) is 24.7 Å². The Morgan fingerprint density at radius 3 is 2.47 bits per heavy atom. The number of anilines is 1. The van der Waals surface area contributed by atoms with Crippen LogP contribution in [0.2, 0.25) is 10.0 Å². The van der Waals surface area contributed by atoms with Crippen LogP contribution in [0.15, 0.2) is 48.7 Å². The molecule has 11 heteroatoms. The van der Waals surface area contributed by atoms with E-state index in [4.69, 9.17) is 28.2 Å². The Hall–Kier alpha value is -3.27. The smallest absolute Gasteiger partial charge is 0.225 e. The molecule has 0 aliphatic carbocycles. The predicted octanol–water partition coefficient (Wildman–Crippen LogP) is 5.40. The fourth-order valence-electron chi connectivity index (χ4n) is 4.21. The summed E-state index contributed by atoms with van der Waals surface area (Å²) in [6.07, 6.45) is 1.86.